The number of nitrogens with zero attached hydrogens (tertiary/aromatic N) is 1. The molecule has 0 bridgehead atoms. The van der Waals surface area contributed by atoms with E-state index in [1.807, 2.05) is 31.6 Å². The highest BCUT2D eigenvalue weighted by Crippen LogP contribution is 2.14. The van der Waals surface area contributed by atoms with Gasteiger partial charge in [-0.05, 0) is 41.6 Å². The van der Waals surface area contributed by atoms with Crippen LogP contribution in [0, 0.1) is 0 Å². The highest BCUT2D eigenvalue weighted by atomic mass is 32.1. The maximum Gasteiger partial charge on any atom is 0.319 e. The van der Waals surface area contributed by atoms with Crippen molar-refractivity contribution >= 4 is 28.1 Å². The second-order valence-electron chi connectivity index (χ2n) is 4.67. The number of amides is 2. The van der Waals surface area contributed by atoms with Gasteiger partial charge in [-0.25, -0.2) is 4.79 Å². The van der Waals surface area contributed by atoms with Crippen molar-refractivity contribution in [1.29, 1.82) is 0 Å². The fraction of sp³-hybridized carbons (Fsp3) is 0.267. The van der Waals surface area contributed by atoms with Crippen LogP contribution in [-0.4, -0.2) is 26.7 Å². The van der Waals surface area contributed by atoms with E-state index in [0.717, 1.165) is 11.4 Å². The van der Waals surface area contributed by atoms with Gasteiger partial charge in [0.05, 0.1) is 5.00 Å². The summed E-state index contributed by atoms with van der Waals surface area (Å²) < 4.78 is 0. The van der Waals surface area contributed by atoms with Crippen molar-refractivity contribution in [3.63, 3.8) is 0 Å². The Hall–Kier alpha value is -2.01. The van der Waals surface area contributed by atoms with E-state index >= 15 is 0 Å². The fourth-order valence-electron chi connectivity index (χ4n) is 1.79. The molecule has 0 aliphatic rings. The van der Waals surface area contributed by atoms with Crippen LogP contribution < -0.4 is 15.5 Å². The van der Waals surface area contributed by atoms with Crippen molar-refractivity contribution in [1.82, 2.24) is 5.32 Å². The third kappa shape index (κ3) is 4.28. The molecule has 1 aromatic heterocycles. The summed E-state index contributed by atoms with van der Waals surface area (Å²) in [7, 11) is 4.04. The number of nitrogens with one attached hydrogen (secondary N) is 2. The van der Waals surface area contributed by atoms with Gasteiger partial charge in [0, 0.05) is 26.3 Å². The van der Waals surface area contributed by atoms with Crippen LogP contribution in [0.15, 0.2) is 41.8 Å². The van der Waals surface area contributed by atoms with Crippen molar-refractivity contribution in [2.24, 2.45) is 0 Å². The average molecular weight is 289 g/mol. The topological polar surface area (TPSA) is 44.4 Å². The number of hydrogen-bond acceptors (Lipinski definition) is 3. The Bertz CT molecular complexity index is 535. The standard InChI is InChI=1S/C15H19N3OS/c1-18(2)13-7-5-12(6-8-13)9-10-16-15(19)17-14-4-3-11-20-14/h3-8,11H,9-10H2,1-2H3,(H2,16,17,19). The van der Waals surface area contributed by atoms with Gasteiger partial charge in [-0.3, -0.25) is 5.32 Å². The van der Waals surface area contributed by atoms with E-state index in [0.29, 0.717) is 6.54 Å². The Labute approximate surface area is 123 Å². The Balaban J connectivity index is 1.74. The first-order valence-electron chi connectivity index (χ1n) is 6.50. The van der Waals surface area contributed by atoms with E-state index in [1.54, 1.807) is 0 Å². The molecule has 1 aromatic carbocycles. The number of anilines is 2. The number of carbonyl (C=O) groups is 1. The Morgan fingerprint density at radius 1 is 1.20 bits per heavy atom. The summed E-state index contributed by atoms with van der Waals surface area (Å²) in [5.74, 6) is 0. The first kappa shape index (κ1) is 14.4. The summed E-state index contributed by atoms with van der Waals surface area (Å²) >= 11 is 1.51. The van der Waals surface area contributed by atoms with Gasteiger partial charge < -0.3 is 10.2 Å². The maximum atomic E-state index is 11.6. The van der Waals surface area contributed by atoms with Crippen LogP contribution in [0.1, 0.15) is 5.56 Å². The van der Waals surface area contributed by atoms with Crippen molar-refractivity contribution in [2.75, 3.05) is 30.9 Å². The Morgan fingerprint density at radius 2 is 1.95 bits per heavy atom. The fourth-order valence-corrected chi connectivity index (χ4v) is 2.40. The molecule has 0 unspecified atom stereocenters. The van der Waals surface area contributed by atoms with Gasteiger partial charge in [-0.2, -0.15) is 0 Å². The largest absolute Gasteiger partial charge is 0.378 e. The first-order chi connectivity index (χ1) is 9.65. The van der Waals surface area contributed by atoms with Gasteiger partial charge in [-0.1, -0.05) is 12.1 Å². The number of benzene rings is 1. The van der Waals surface area contributed by atoms with Crippen LogP contribution in [-0.2, 0) is 6.42 Å². The number of urea groups is 1. The molecule has 0 spiro atoms. The lowest BCUT2D eigenvalue weighted by Crippen LogP contribution is -2.30. The normalized spacial score (nSPS) is 10.1. The minimum absolute atomic E-state index is 0.155. The van der Waals surface area contributed by atoms with Crippen LogP contribution in [0.2, 0.25) is 0 Å². The molecule has 2 N–H and O–H groups in total. The molecule has 2 rings (SSSR count). The minimum atomic E-state index is -0.155. The lowest BCUT2D eigenvalue weighted by Gasteiger charge is -2.12. The predicted molar refractivity (Wildman–Crippen MR) is 85.8 cm³/mol. The average Bonchev–Trinajstić information content (AvgIpc) is 2.92. The third-order valence-corrected chi connectivity index (χ3v) is 3.70. The number of thiophene rings is 1. The molecule has 0 saturated carbocycles. The molecule has 0 saturated heterocycles. The highest BCUT2D eigenvalue weighted by Gasteiger charge is 2.02. The molecule has 1 heterocycles. The van der Waals surface area contributed by atoms with E-state index in [1.165, 1.54) is 22.6 Å². The summed E-state index contributed by atoms with van der Waals surface area (Å²) in [6.07, 6.45) is 0.825. The van der Waals surface area contributed by atoms with Gasteiger partial charge in [0.25, 0.3) is 0 Å². The summed E-state index contributed by atoms with van der Waals surface area (Å²) in [4.78, 5) is 13.7. The zero-order chi connectivity index (χ0) is 14.4. The van der Waals surface area contributed by atoms with E-state index < -0.39 is 0 Å². The van der Waals surface area contributed by atoms with Crippen molar-refractivity contribution in [3.8, 4) is 0 Å². The SMILES string of the molecule is CN(C)c1ccc(CCNC(=O)Nc2cccs2)cc1. The molecule has 0 radical (unpaired) electrons. The van der Waals surface area contributed by atoms with Crippen LogP contribution in [0.25, 0.3) is 0 Å². The van der Waals surface area contributed by atoms with Crippen molar-refractivity contribution < 1.29 is 4.79 Å². The zero-order valence-corrected chi connectivity index (χ0v) is 12.5. The molecule has 4 nitrogen and oxygen atoms in total. The molecule has 20 heavy (non-hydrogen) atoms. The highest BCUT2D eigenvalue weighted by molar-refractivity contribution is 7.14. The van der Waals surface area contributed by atoms with Crippen LogP contribution in [0.3, 0.4) is 0 Å². The molecule has 2 amide bonds. The van der Waals surface area contributed by atoms with Gasteiger partial charge in [0.1, 0.15) is 0 Å². The summed E-state index contributed by atoms with van der Waals surface area (Å²) in [5.41, 5.74) is 2.39. The second-order valence-corrected chi connectivity index (χ2v) is 5.62. The summed E-state index contributed by atoms with van der Waals surface area (Å²) in [6, 6.07) is 12.0. The second kappa shape index (κ2) is 6.96. The third-order valence-electron chi connectivity index (χ3n) is 2.91. The Kier molecular flexibility index (Phi) is 5.01. The van der Waals surface area contributed by atoms with Gasteiger partial charge in [-0.15, -0.1) is 11.3 Å². The number of rotatable bonds is 5. The van der Waals surface area contributed by atoms with E-state index in [-0.39, 0.29) is 6.03 Å². The number of carbonyl (C=O) groups excluding carboxylic acids is 1. The van der Waals surface area contributed by atoms with Gasteiger partial charge >= 0.3 is 6.03 Å². The molecular weight excluding hydrogens is 270 g/mol. The molecule has 0 fully saturated rings. The molecule has 106 valence electrons. The predicted octanol–water partition coefficient (Wildman–Crippen LogP) is 3.18. The maximum absolute atomic E-state index is 11.6. The molecule has 0 aliphatic carbocycles. The van der Waals surface area contributed by atoms with E-state index in [9.17, 15) is 4.79 Å². The molecule has 0 atom stereocenters. The minimum Gasteiger partial charge on any atom is -0.378 e. The number of hydrogen-bond donors (Lipinski definition) is 2. The van der Waals surface area contributed by atoms with Crippen molar-refractivity contribution in [3.05, 3.63) is 47.3 Å². The first-order valence-corrected chi connectivity index (χ1v) is 7.38. The van der Waals surface area contributed by atoms with Crippen LogP contribution >= 0.6 is 11.3 Å². The van der Waals surface area contributed by atoms with Crippen molar-refractivity contribution in [2.45, 2.75) is 6.42 Å². The molecule has 2 aromatic rings. The molecule has 5 heteroatoms. The summed E-state index contributed by atoms with van der Waals surface area (Å²) in [5, 5.41) is 8.44. The van der Waals surface area contributed by atoms with E-state index in [4.69, 9.17) is 0 Å². The zero-order valence-electron chi connectivity index (χ0n) is 11.7. The smallest absolute Gasteiger partial charge is 0.319 e. The monoisotopic (exact) mass is 289 g/mol. The molecule has 0 aliphatic heterocycles. The lowest BCUT2D eigenvalue weighted by atomic mass is 10.1. The lowest BCUT2D eigenvalue weighted by molar-refractivity contribution is 0.252. The van der Waals surface area contributed by atoms with Crippen LogP contribution in [0.4, 0.5) is 15.5 Å². The summed E-state index contributed by atoms with van der Waals surface area (Å²) in [6.45, 7) is 0.624. The quantitative estimate of drug-likeness (QED) is 0.888. The molecular formula is C15H19N3OS. The van der Waals surface area contributed by atoms with Crippen LogP contribution in [0.5, 0.6) is 0 Å². The Morgan fingerprint density at radius 3 is 2.55 bits per heavy atom. The van der Waals surface area contributed by atoms with Gasteiger partial charge in [0.15, 0.2) is 0 Å². The van der Waals surface area contributed by atoms with E-state index in [2.05, 4.69) is 39.8 Å². The van der Waals surface area contributed by atoms with Gasteiger partial charge in [0.2, 0.25) is 0 Å².